The fraction of sp³-hybridized carbons (Fsp3) is 0.381. The number of nitrogens with one attached hydrogen (secondary N) is 2. The summed E-state index contributed by atoms with van der Waals surface area (Å²) in [6, 6.07) is 14.8. The molecule has 0 bridgehead atoms. The molecule has 27 heavy (non-hydrogen) atoms. The lowest BCUT2D eigenvalue weighted by atomic mass is 9.95. The average Bonchev–Trinajstić information content (AvgIpc) is 3.31. The molecule has 144 valence electrons. The van der Waals surface area contributed by atoms with E-state index in [1.807, 2.05) is 13.1 Å². The van der Waals surface area contributed by atoms with Gasteiger partial charge in [-0.2, -0.15) is 0 Å². The fourth-order valence-electron chi connectivity index (χ4n) is 3.31. The molecule has 0 unspecified atom stereocenters. The monoisotopic (exact) mass is 479 g/mol. The van der Waals surface area contributed by atoms with Crippen LogP contribution in [0.15, 0.2) is 47.5 Å². The summed E-state index contributed by atoms with van der Waals surface area (Å²) >= 11 is 0. The first-order valence-electron chi connectivity index (χ1n) is 9.09. The number of benzene rings is 2. The second-order valence-corrected chi connectivity index (χ2v) is 7.11. The molecule has 1 aliphatic heterocycles. The lowest BCUT2D eigenvalue weighted by Gasteiger charge is -2.19. The predicted octanol–water partition coefficient (Wildman–Crippen LogP) is 3.74. The van der Waals surface area contributed by atoms with Gasteiger partial charge in [-0.15, -0.1) is 24.0 Å². The van der Waals surface area contributed by atoms with Crippen LogP contribution in [0.5, 0.6) is 11.5 Å². The van der Waals surface area contributed by atoms with E-state index in [1.54, 1.807) is 0 Å². The van der Waals surface area contributed by atoms with Gasteiger partial charge in [-0.05, 0) is 43.0 Å². The van der Waals surface area contributed by atoms with Gasteiger partial charge in [0, 0.05) is 25.6 Å². The van der Waals surface area contributed by atoms with E-state index in [0.29, 0.717) is 6.79 Å². The van der Waals surface area contributed by atoms with Crippen molar-refractivity contribution in [3.63, 3.8) is 0 Å². The van der Waals surface area contributed by atoms with Gasteiger partial charge in [0.25, 0.3) is 0 Å². The third kappa shape index (κ3) is 4.48. The summed E-state index contributed by atoms with van der Waals surface area (Å²) in [5.41, 5.74) is 4.00. The van der Waals surface area contributed by atoms with Gasteiger partial charge in [-0.25, -0.2) is 0 Å². The quantitative estimate of drug-likeness (QED) is 0.390. The molecule has 4 rings (SSSR count). The number of rotatable bonds is 5. The summed E-state index contributed by atoms with van der Waals surface area (Å²) in [7, 11) is 1.81. The molecule has 2 N–H and O–H groups in total. The highest BCUT2D eigenvalue weighted by molar-refractivity contribution is 14.0. The van der Waals surface area contributed by atoms with Crippen LogP contribution < -0.4 is 20.1 Å². The first-order chi connectivity index (χ1) is 12.7. The van der Waals surface area contributed by atoms with Gasteiger partial charge >= 0.3 is 0 Å². The predicted molar refractivity (Wildman–Crippen MR) is 118 cm³/mol. The molecule has 0 spiro atoms. The Labute approximate surface area is 177 Å². The third-order valence-corrected chi connectivity index (χ3v) is 5.24. The zero-order valence-electron chi connectivity index (χ0n) is 15.7. The van der Waals surface area contributed by atoms with Crippen molar-refractivity contribution in [1.82, 2.24) is 10.6 Å². The van der Waals surface area contributed by atoms with Gasteiger partial charge in [-0.3, -0.25) is 4.99 Å². The number of guanidine groups is 1. The highest BCUT2D eigenvalue weighted by Gasteiger charge is 2.44. The number of fused-ring (bicyclic) bond motifs is 1. The van der Waals surface area contributed by atoms with Crippen molar-refractivity contribution in [2.75, 3.05) is 20.4 Å². The van der Waals surface area contributed by atoms with Crippen molar-refractivity contribution < 1.29 is 9.47 Å². The molecule has 0 atom stereocenters. The summed E-state index contributed by atoms with van der Waals surface area (Å²) in [6.45, 7) is 4.04. The summed E-state index contributed by atoms with van der Waals surface area (Å²) < 4.78 is 10.9. The van der Waals surface area contributed by atoms with Crippen LogP contribution in [0.1, 0.15) is 29.5 Å². The van der Waals surface area contributed by atoms with Crippen LogP contribution in [-0.4, -0.2) is 26.3 Å². The number of aryl methyl sites for hydroxylation is 1. The van der Waals surface area contributed by atoms with Crippen molar-refractivity contribution in [2.24, 2.45) is 4.99 Å². The molecule has 0 saturated heterocycles. The molecule has 0 aromatic heterocycles. The Morgan fingerprint density at radius 2 is 1.78 bits per heavy atom. The smallest absolute Gasteiger partial charge is 0.231 e. The Hall–Kier alpha value is -1.96. The SMILES string of the molecule is CN=C(NCc1ccc(C)cc1)NCC1(c2ccc3c(c2)OCO3)CC1.I. The van der Waals surface area contributed by atoms with Gasteiger partial charge in [-0.1, -0.05) is 35.9 Å². The van der Waals surface area contributed by atoms with Crippen LogP contribution >= 0.6 is 24.0 Å². The van der Waals surface area contributed by atoms with Crippen LogP contribution in [0, 0.1) is 6.92 Å². The zero-order valence-corrected chi connectivity index (χ0v) is 18.1. The number of hydrogen-bond donors (Lipinski definition) is 2. The second-order valence-electron chi connectivity index (χ2n) is 7.11. The van der Waals surface area contributed by atoms with Crippen molar-refractivity contribution in [2.45, 2.75) is 31.7 Å². The van der Waals surface area contributed by atoms with E-state index in [2.05, 4.69) is 58.9 Å². The largest absolute Gasteiger partial charge is 0.454 e. The van der Waals surface area contributed by atoms with Gasteiger partial charge in [0.05, 0.1) is 0 Å². The van der Waals surface area contributed by atoms with Crippen LogP contribution in [-0.2, 0) is 12.0 Å². The number of nitrogens with zero attached hydrogens (tertiary/aromatic N) is 1. The normalized spacial score (nSPS) is 16.4. The van der Waals surface area contributed by atoms with Crippen molar-refractivity contribution in [1.29, 1.82) is 0 Å². The fourth-order valence-corrected chi connectivity index (χ4v) is 3.31. The highest BCUT2D eigenvalue weighted by Crippen LogP contribution is 2.49. The minimum atomic E-state index is 0. The lowest BCUT2D eigenvalue weighted by molar-refractivity contribution is 0.174. The molecule has 0 radical (unpaired) electrons. The molecular formula is C21H26IN3O2. The van der Waals surface area contributed by atoms with E-state index >= 15 is 0 Å². The first-order valence-corrected chi connectivity index (χ1v) is 9.09. The maximum absolute atomic E-state index is 5.53. The third-order valence-electron chi connectivity index (χ3n) is 5.24. The molecule has 2 aliphatic rings. The summed E-state index contributed by atoms with van der Waals surface area (Å²) in [5.74, 6) is 2.53. The molecule has 6 heteroatoms. The second kappa shape index (κ2) is 8.37. The summed E-state index contributed by atoms with van der Waals surface area (Å²) in [5, 5.41) is 6.88. The van der Waals surface area contributed by atoms with Crippen molar-refractivity contribution >= 4 is 29.9 Å². The number of ether oxygens (including phenoxy) is 2. The first kappa shape index (κ1) is 19.8. The Bertz CT molecular complexity index is 817. The number of aliphatic imine (C=N–C) groups is 1. The minimum absolute atomic E-state index is 0. The maximum Gasteiger partial charge on any atom is 0.231 e. The molecule has 1 saturated carbocycles. The van der Waals surface area contributed by atoms with Gasteiger partial charge < -0.3 is 20.1 Å². The molecule has 1 fully saturated rings. The van der Waals surface area contributed by atoms with Crippen LogP contribution in [0.2, 0.25) is 0 Å². The van der Waals surface area contributed by atoms with Crippen molar-refractivity contribution in [3.8, 4) is 11.5 Å². The van der Waals surface area contributed by atoms with Gasteiger partial charge in [0.2, 0.25) is 6.79 Å². The van der Waals surface area contributed by atoms with E-state index in [4.69, 9.17) is 9.47 Å². The molecular weight excluding hydrogens is 453 g/mol. The molecule has 5 nitrogen and oxygen atoms in total. The average molecular weight is 479 g/mol. The lowest BCUT2D eigenvalue weighted by Crippen LogP contribution is -2.40. The summed E-state index contributed by atoms with van der Waals surface area (Å²) in [6.07, 6.45) is 2.35. The topological polar surface area (TPSA) is 54.9 Å². The Morgan fingerprint density at radius 3 is 2.48 bits per heavy atom. The van der Waals surface area contributed by atoms with Crippen molar-refractivity contribution in [3.05, 3.63) is 59.2 Å². The number of halogens is 1. The minimum Gasteiger partial charge on any atom is -0.454 e. The van der Waals surface area contributed by atoms with E-state index in [-0.39, 0.29) is 29.4 Å². The van der Waals surface area contributed by atoms with Crippen LogP contribution in [0.4, 0.5) is 0 Å². The van der Waals surface area contributed by atoms with Gasteiger partial charge in [0.1, 0.15) is 0 Å². The van der Waals surface area contributed by atoms with Crippen LogP contribution in [0.25, 0.3) is 0 Å². The van der Waals surface area contributed by atoms with E-state index in [1.165, 1.54) is 29.5 Å². The molecule has 1 aliphatic carbocycles. The van der Waals surface area contributed by atoms with Gasteiger partial charge in [0.15, 0.2) is 17.5 Å². The molecule has 2 aromatic carbocycles. The Balaban J connectivity index is 0.00000210. The van der Waals surface area contributed by atoms with E-state index in [9.17, 15) is 0 Å². The standard InChI is InChI=1S/C21H25N3O2.HI/c1-15-3-5-16(6-4-15)12-23-20(22-2)24-13-21(9-10-21)17-7-8-18-19(11-17)26-14-25-18;/h3-8,11H,9-10,12-14H2,1-2H3,(H2,22,23,24);1H. The number of hydrogen-bond acceptors (Lipinski definition) is 3. The Kier molecular flexibility index (Phi) is 6.14. The molecule has 1 heterocycles. The maximum atomic E-state index is 5.53. The van der Waals surface area contributed by atoms with E-state index < -0.39 is 0 Å². The summed E-state index contributed by atoms with van der Waals surface area (Å²) in [4.78, 5) is 4.35. The Morgan fingerprint density at radius 1 is 1.04 bits per heavy atom. The zero-order chi connectivity index (χ0) is 18.0. The highest BCUT2D eigenvalue weighted by atomic mass is 127. The van der Waals surface area contributed by atoms with Crippen LogP contribution in [0.3, 0.4) is 0 Å². The molecule has 0 amide bonds. The molecule has 2 aromatic rings. The van der Waals surface area contributed by atoms with E-state index in [0.717, 1.165) is 30.5 Å².